The van der Waals surface area contributed by atoms with Crippen LogP contribution in [0.1, 0.15) is 57.0 Å². The molecule has 1 unspecified atom stereocenters. The summed E-state index contributed by atoms with van der Waals surface area (Å²) in [6, 6.07) is 5.18. The molecule has 1 atom stereocenters. The molecule has 2 aliphatic rings. The van der Waals surface area contributed by atoms with Crippen LogP contribution in [0.3, 0.4) is 0 Å². The van der Waals surface area contributed by atoms with Crippen molar-refractivity contribution in [1.29, 1.82) is 0 Å². The summed E-state index contributed by atoms with van der Waals surface area (Å²) in [5.41, 5.74) is -0.276. The summed E-state index contributed by atoms with van der Waals surface area (Å²) in [4.78, 5) is 35.3. The predicted molar refractivity (Wildman–Crippen MR) is 149 cm³/mol. The number of hydrogen-bond acceptors (Lipinski definition) is 9. The number of carbonyl (C=O) groups excluding carboxylic acids is 2. The lowest BCUT2D eigenvalue weighted by Crippen LogP contribution is -2.47. The van der Waals surface area contributed by atoms with Crippen molar-refractivity contribution in [2.24, 2.45) is 0 Å². The molecule has 10 nitrogen and oxygen atoms in total. The third-order valence-corrected chi connectivity index (χ3v) is 8.27. The molecular formula is C28H32F3N7O3S. The summed E-state index contributed by atoms with van der Waals surface area (Å²) in [7, 11) is 0. The summed E-state index contributed by atoms with van der Waals surface area (Å²) in [5.74, 6) is -3.66. The highest BCUT2D eigenvalue weighted by molar-refractivity contribution is 7.15. The van der Waals surface area contributed by atoms with E-state index in [-0.39, 0.29) is 17.8 Å². The second kappa shape index (κ2) is 11.5. The number of rotatable bonds is 8. The smallest absolute Gasteiger partial charge is 0.411 e. The molecule has 1 saturated heterocycles. The van der Waals surface area contributed by atoms with Gasteiger partial charge < -0.3 is 15.4 Å². The number of hydrogen-bond donors (Lipinski definition) is 2. The minimum Gasteiger partial charge on any atom is -0.444 e. The molecule has 14 heteroatoms. The number of amides is 2. The Bertz CT molecular complexity index is 1440. The lowest BCUT2D eigenvalue weighted by atomic mass is 9.66. The van der Waals surface area contributed by atoms with Crippen molar-refractivity contribution in [2.45, 2.75) is 76.0 Å². The number of nitrogens with one attached hydrogen (secondary N) is 2. The summed E-state index contributed by atoms with van der Waals surface area (Å²) in [6.07, 6.45) is 4.10. The van der Waals surface area contributed by atoms with E-state index in [0.29, 0.717) is 33.6 Å². The molecule has 224 valence electrons. The Morgan fingerprint density at radius 1 is 1.17 bits per heavy atom. The van der Waals surface area contributed by atoms with Gasteiger partial charge in [0.05, 0.1) is 18.8 Å². The minimum atomic E-state index is -3.19. The standard InChI is InChI=1S/C28H32F3N7O3S/c1-26(2,3)41-25(40)38-16-28(30,31)12-20(38)23(39)33-13-17-14-34-24(42-17)19-7-8-21(37-36-19)35-15-27(9-5-10-27)22-18(29)6-4-11-32-22/h4,6-8,11,14,20H,5,9-10,12-13,15-16H2,1-3H3,(H,33,39)(H,35,37). The molecule has 3 aromatic rings. The zero-order valence-corrected chi connectivity index (χ0v) is 24.3. The van der Waals surface area contributed by atoms with E-state index in [0.717, 1.165) is 24.2 Å². The highest BCUT2D eigenvalue weighted by atomic mass is 32.1. The lowest BCUT2D eigenvalue weighted by Gasteiger charge is -2.41. The third-order valence-electron chi connectivity index (χ3n) is 7.25. The molecule has 1 saturated carbocycles. The monoisotopic (exact) mass is 603 g/mol. The van der Waals surface area contributed by atoms with Crippen molar-refractivity contribution in [3.63, 3.8) is 0 Å². The molecule has 5 rings (SSSR count). The Morgan fingerprint density at radius 2 is 1.95 bits per heavy atom. The largest absolute Gasteiger partial charge is 0.444 e. The first-order valence-corrected chi connectivity index (χ1v) is 14.4. The Kier molecular flexibility index (Phi) is 8.10. The fraction of sp³-hybridized carbons (Fsp3) is 0.500. The first-order chi connectivity index (χ1) is 19.8. The van der Waals surface area contributed by atoms with Gasteiger partial charge in [0, 0.05) is 35.7 Å². The van der Waals surface area contributed by atoms with Gasteiger partial charge in [0.25, 0.3) is 5.92 Å². The second-order valence-electron chi connectivity index (χ2n) is 11.7. The fourth-order valence-electron chi connectivity index (χ4n) is 5.04. The summed E-state index contributed by atoms with van der Waals surface area (Å²) in [6.45, 7) is 4.52. The van der Waals surface area contributed by atoms with Crippen LogP contribution in [0.25, 0.3) is 10.7 Å². The van der Waals surface area contributed by atoms with Gasteiger partial charge in [-0.25, -0.2) is 22.9 Å². The number of carbonyl (C=O) groups is 2. The van der Waals surface area contributed by atoms with Gasteiger partial charge in [-0.2, -0.15) is 0 Å². The van der Waals surface area contributed by atoms with E-state index in [4.69, 9.17) is 4.74 Å². The number of alkyl halides is 2. The maximum atomic E-state index is 14.4. The molecule has 0 bridgehead atoms. The molecule has 42 heavy (non-hydrogen) atoms. The van der Waals surface area contributed by atoms with Gasteiger partial charge in [0.1, 0.15) is 34.0 Å². The number of nitrogens with zero attached hydrogens (tertiary/aromatic N) is 5. The number of pyridine rings is 1. The van der Waals surface area contributed by atoms with Crippen LogP contribution in [-0.4, -0.2) is 67.7 Å². The molecule has 2 N–H and O–H groups in total. The van der Waals surface area contributed by atoms with Crippen molar-refractivity contribution >= 4 is 29.2 Å². The van der Waals surface area contributed by atoms with E-state index < -0.39 is 42.5 Å². The first-order valence-electron chi connectivity index (χ1n) is 13.6. The third kappa shape index (κ3) is 6.63. The van der Waals surface area contributed by atoms with Crippen molar-refractivity contribution in [3.05, 3.63) is 53.0 Å². The van der Waals surface area contributed by atoms with Crippen LogP contribution in [0.2, 0.25) is 0 Å². The molecule has 3 aromatic heterocycles. The van der Waals surface area contributed by atoms with Crippen LogP contribution < -0.4 is 10.6 Å². The molecule has 1 aliphatic carbocycles. The van der Waals surface area contributed by atoms with Crippen molar-refractivity contribution in [2.75, 3.05) is 18.4 Å². The van der Waals surface area contributed by atoms with E-state index in [2.05, 4.69) is 30.8 Å². The zero-order valence-electron chi connectivity index (χ0n) is 23.5. The zero-order chi connectivity index (χ0) is 30.1. The average Bonchev–Trinajstić information content (AvgIpc) is 3.51. The SMILES string of the molecule is CC(C)(C)OC(=O)N1CC(F)(F)CC1C(=O)NCc1cnc(-c2ccc(NCC3(c4ncccc4F)CCC3)nn2)s1. The van der Waals surface area contributed by atoms with E-state index in [9.17, 15) is 22.8 Å². The van der Waals surface area contributed by atoms with Gasteiger partial charge >= 0.3 is 6.09 Å². The molecule has 1 aliphatic heterocycles. The van der Waals surface area contributed by atoms with E-state index in [1.807, 2.05) is 0 Å². The predicted octanol–water partition coefficient (Wildman–Crippen LogP) is 4.93. The number of thiazole rings is 1. The number of halogens is 3. The summed E-state index contributed by atoms with van der Waals surface area (Å²) >= 11 is 1.27. The fourth-order valence-corrected chi connectivity index (χ4v) is 5.86. The Labute approximate surface area is 245 Å². The van der Waals surface area contributed by atoms with E-state index in [1.165, 1.54) is 17.4 Å². The van der Waals surface area contributed by atoms with Crippen LogP contribution >= 0.6 is 11.3 Å². The normalized spacial score (nSPS) is 19.2. The van der Waals surface area contributed by atoms with Gasteiger partial charge in [-0.3, -0.25) is 14.7 Å². The molecule has 0 spiro atoms. The van der Waals surface area contributed by atoms with Crippen molar-refractivity contribution < 1.29 is 27.5 Å². The van der Waals surface area contributed by atoms with Crippen molar-refractivity contribution in [1.82, 2.24) is 30.4 Å². The Hall–Kier alpha value is -3.81. The van der Waals surface area contributed by atoms with Crippen LogP contribution in [0, 0.1) is 5.82 Å². The average molecular weight is 604 g/mol. The lowest BCUT2D eigenvalue weighted by molar-refractivity contribution is -0.125. The Balaban J connectivity index is 1.17. The molecule has 4 heterocycles. The van der Waals surface area contributed by atoms with Gasteiger partial charge in [-0.15, -0.1) is 21.5 Å². The first kappa shape index (κ1) is 29.7. The number of anilines is 1. The quantitative estimate of drug-likeness (QED) is 0.372. The number of ether oxygens (including phenoxy) is 1. The minimum absolute atomic E-state index is 0.0416. The summed E-state index contributed by atoms with van der Waals surface area (Å²) in [5, 5.41) is 14.9. The molecular weight excluding hydrogens is 571 g/mol. The highest BCUT2D eigenvalue weighted by Gasteiger charge is 2.51. The molecule has 0 radical (unpaired) electrons. The van der Waals surface area contributed by atoms with Crippen LogP contribution in [0.5, 0.6) is 0 Å². The maximum Gasteiger partial charge on any atom is 0.411 e. The van der Waals surface area contributed by atoms with Crippen LogP contribution in [0.4, 0.5) is 23.8 Å². The van der Waals surface area contributed by atoms with Crippen molar-refractivity contribution in [3.8, 4) is 10.7 Å². The molecule has 2 fully saturated rings. The molecule has 0 aromatic carbocycles. The molecule has 2 amide bonds. The van der Waals surface area contributed by atoms with E-state index >= 15 is 0 Å². The van der Waals surface area contributed by atoms with E-state index in [1.54, 1.807) is 51.4 Å². The summed E-state index contributed by atoms with van der Waals surface area (Å²) < 4.78 is 47.9. The van der Waals surface area contributed by atoms with Gasteiger partial charge in [0.2, 0.25) is 5.91 Å². The van der Waals surface area contributed by atoms with Crippen LogP contribution in [-0.2, 0) is 21.5 Å². The topological polar surface area (TPSA) is 122 Å². The van der Waals surface area contributed by atoms with Gasteiger partial charge in [-0.05, 0) is 57.9 Å². The highest BCUT2D eigenvalue weighted by Crippen LogP contribution is 2.43. The number of aromatic nitrogens is 4. The van der Waals surface area contributed by atoms with Gasteiger partial charge in [0.15, 0.2) is 0 Å². The second-order valence-corrected chi connectivity index (χ2v) is 12.8. The van der Waals surface area contributed by atoms with Crippen LogP contribution in [0.15, 0.2) is 36.7 Å². The maximum absolute atomic E-state index is 14.4. The Morgan fingerprint density at radius 3 is 2.60 bits per heavy atom. The number of likely N-dealkylation sites (tertiary alicyclic amines) is 1. The van der Waals surface area contributed by atoms with Gasteiger partial charge in [-0.1, -0.05) is 6.42 Å².